The standard InChI is InChI=1S/C26H26N2O3S2/c1-5-20-17(4)33-24-23(20)25(29)28(18-11-10-15(2)16(3)12-18)26(27-24)32-14-19-13-30-21-8-6-7-9-22(21)31-19/h6-12,19H,5,13-14H2,1-4H3/t19-/m0/s1. The van der Waals surface area contributed by atoms with Crippen molar-refractivity contribution in [3.63, 3.8) is 0 Å². The van der Waals surface area contributed by atoms with Gasteiger partial charge in [-0.1, -0.05) is 36.9 Å². The van der Waals surface area contributed by atoms with Crippen LogP contribution < -0.4 is 15.0 Å². The van der Waals surface area contributed by atoms with Gasteiger partial charge in [0, 0.05) is 10.6 Å². The van der Waals surface area contributed by atoms with Crippen LogP contribution in [0.15, 0.2) is 52.4 Å². The summed E-state index contributed by atoms with van der Waals surface area (Å²) in [6.07, 6.45) is 0.691. The van der Waals surface area contributed by atoms with E-state index in [2.05, 4.69) is 39.8 Å². The topological polar surface area (TPSA) is 53.4 Å². The highest BCUT2D eigenvalue weighted by molar-refractivity contribution is 7.99. The number of ether oxygens (including phenoxy) is 2. The minimum Gasteiger partial charge on any atom is -0.486 e. The van der Waals surface area contributed by atoms with Gasteiger partial charge in [-0.15, -0.1) is 11.3 Å². The number of rotatable bonds is 5. The minimum absolute atomic E-state index is 0.00175. The highest BCUT2D eigenvalue weighted by Gasteiger charge is 2.24. The molecular formula is C26H26N2O3S2. The molecule has 4 aromatic rings. The van der Waals surface area contributed by atoms with E-state index in [-0.39, 0.29) is 11.7 Å². The molecule has 170 valence electrons. The van der Waals surface area contributed by atoms with Gasteiger partial charge in [-0.3, -0.25) is 9.36 Å². The maximum absolute atomic E-state index is 13.8. The normalized spacial score (nSPS) is 15.2. The van der Waals surface area contributed by atoms with Gasteiger partial charge in [-0.2, -0.15) is 0 Å². The van der Waals surface area contributed by atoms with E-state index in [4.69, 9.17) is 14.5 Å². The molecule has 0 amide bonds. The summed E-state index contributed by atoms with van der Waals surface area (Å²) in [6.45, 7) is 8.78. The van der Waals surface area contributed by atoms with Crippen molar-refractivity contribution in [2.75, 3.05) is 12.4 Å². The number of fused-ring (bicyclic) bond motifs is 2. The lowest BCUT2D eigenvalue weighted by Crippen LogP contribution is -2.31. The molecule has 0 unspecified atom stereocenters. The maximum atomic E-state index is 13.8. The second-order valence-electron chi connectivity index (χ2n) is 8.28. The number of nitrogens with zero attached hydrogens (tertiary/aromatic N) is 2. The SMILES string of the molecule is CCc1c(C)sc2nc(SC[C@@H]3COc4ccccc4O3)n(-c3ccc(C)c(C)c3)c(=O)c12. The molecule has 0 spiro atoms. The minimum atomic E-state index is -0.123. The average Bonchev–Trinajstić information content (AvgIpc) is 3.14. The lowest BCUT2D eigenvalue weighted by Gasteiger charge is -2.26. The summed E-state index contributed by atoms with van der Waals surface area (Å²) in [5.74, 6) is 2.15. The largest absolute Gasteiger partial charge is 0.486 e. The van der Waals surface area contributed by atoms with Crippen molar-refractivity contribution in [1.82, 2.24) is 9.55 Å². The predicted molar refractivity (Wildman–Crippen MR) is 136 cm³/mol. The molecule has 0 fully saturated rings. The smallest absolute Gasteiger partial charge is 0.267 e. The molecule has 0 saturated heterocycles. The zero-order chi connectivity index (χ0) is 23.1. The first-order valence-electron chi connectivity index (χ1n) is 11.1. The number of aryl methyl sites for hydroxylation is 4. The Morgan fingerprint density at radius 1 is 1.12 bits per heavy atom. The average molecular weight is 479 g/mol. The Labute approximate surface area is 201 Å². The fraction of sp³-hybridized carbons (Fsp3) is 0.308. The first kappa shape index (κ1) is 22.0. The van der Waals surface area contributed by atoms with Gasteiger partial charge in [0.05, 0.1) is 11.1 Å². The lowest BCUT2D eigenvalue weighted by molar-refractivity contribution is 0.107. The molecule has 0 bridgehead atoms. The molecule has 1 aliphatic rings. The van der Waals surface area contributed by atoms with Crippen LogP contribution in [0.25, 0.3) is 15.9 Å². The second-order valence-corrected chi connectivity index (χ2v) is 10.5. The van der Waals surface area contributed by atoms with E-state index >= 15 is 0 Å². The van der Waals surface area contributed by atoms with E-state index in [0.717, 1.165) is 49.8 Å². The second kappa shape index (κ2) is 8.88. The molecule has 7 heteroatoms. The number of thiophene rings is 1. The van der Waals surface area contributed by atoms with E-state index in [1.54, 1.807) is 15.9 Å². The lowest BCUT2D eigenvalue weighted by atomic mass is 10.1. The summed E-state index contributed by atoms with van der Waals surface area (Å²) in [6, 6.07) is 13.8. The molecule has 0 saturated carbocycles. The van der Waals surface area contributed by atoms with Gasteiger partial charge in [0.2, 0.25) is 0 Å². The van der Waals surface area contributed by atoms with Gasteiger partial charge >= 0.3 is 0 Å². The molecule has 0 radical (unpaired) electrons. The quantitative estimate of drug-likeness (QED) is 0.265. The third-order valence-corrected chi connectivity index (χ3v) is 8.18. The Morgan fingerprint density at radius 3 is 2.67 bits per heavy atom. The van der Waals surface area contributed by atoms with Crippen molar-refractivity contribution < 1.29 is 9.47 Å². The van der Waals surface area contributed by atoms with Crippen molar-refractivity contribution >= 4 is 33.3 Å². The van der Waals surface area contributed by atoms with Gasteiger partial charge in [0.25, 0.3) is 5.56 Å². The molecular weight excluding hydrogens is 452 g/mol. The monoisotopic (exact) mass is 478 g/mol. The number of hydrogen-bond acceptors (Lipinski definition) is 6. The van der Waals surface area contributed by atoms with Crippen LogP contribution in [0, 0.1) is 20.8 Å². The Kier molecular flexibility index (Phi) is 5.93. The summed E-state index contributed by atoms with van der Waals surface area (Å²) in [5.41, 5.74) is 4.28. The Hall–Kier alpha value is -2.77. The van der Waals surface area contributed by atoms with Gasteiger partial charge in [0.15, 0.2) is 16.7 Å². The summed E-state index contributed by atoms with van der Waals surface area (Å²) < 4.78 is 13.8. The predicted octanol–water partition coefficient (Wildman–Crippen LogP) is 5.87. The first-order valence-corrected chi connectivity index (χ1v) is 12.9. The van der Waals surface area contributed by atoms with E-state index in [1.165, 1.54) is 17.3 Å². The van der Waals surface area contributed by atoms with E-state index in [9.17, 15) is 4.79 Å². The van der Waals surface area contributed by atoms with Crippen molar-refractivity contribution in [2.45, 2.75) is 45.4 Å². The highest BCUT2D eigenvalue weighted by Crippen LogP contribution is 2.34. The molecule has 5 rings (SSSR count). The Balaban J connectivity index is 1.56. The molecule has 1 atom stereocenters. The molecule has 3 heterocycles. The zero-order valence-electron chi connectivity index (χ0n) is 19.2. The maximum Gasteiger partial charge on any atom is 0.267 e. The van der Waals surface area contributed by atoms with Crippen LogP contribution in [-0.2, 0) is 6.42 Å². The molecule has 2 aromatic carbocycles. The van der Waals surface area contributed by atoms with Gasteiger partial charge in [0.1, 0.15) is 17.5 Å². The molecule has 1 aliphatic heterocycles. The number of aromatic nitrogens is 2. The van der Waals surface area contributed by atoms with Crippen LogP contribution in [0.5, 0.6) is 11.5 Å². The fourth-order valence-corrected chi connectivity index (χ4v) is 6.26. The van der Waals surface area contributed by atoms with Gasteiger partial charge in [-0.25, -0.2) is 4.98 Å². The third-order valence-electron chi connectivity index (χ3n) is 6.06. The van der Waals surface area contributed by atoms with Crippen LogP contribution in [0.3, 0.4) is 0 Å². The van der Waals surface area contributed by atoms with E-state index in [0.29, 0.717) is 17.5 Å². The summed E-state index contributed by atoms with van der Waals surface area (Å²) >= 11 is 3.14. The number of thioether (sulfide) groups is 1. The van der Waals surface area contributed by atoms with E-state index in [1.807, 2.05) is 30.3 Å². The molecule has 33 heavy (non-hydrogen) atoms. The highest BCUT2D eigenvalue weighted by atomic mass is 32.2. The first-order chi connectivity index (χ1) is 16.0. The number of para-hydroxylation sites is 2. The molecule has 0 aliphatic carbocycles. The summed E-state index contributed by atoms with van der Waals surface area (Å²) in [7, 11) is 0. The van der Waals surface area contributed by atoms with Crippen molar-refractivity contribution in [2.24, 2.45) is 0 Å². The van der Waals surface area contributed by atoms with Crippen LogP contribution >= 0.6 is 23.1 Å². The zero-order valence-corrected chi connectivity index (χ0v) is 20.8. The summed E-state index contributed by atoms with van der Waals surface area (Å²) in [5, 5.41) is 1.43. The molecule has 2 aromatic heterocycles. The number of hydrogen-bond donors (Lipinski definition) is 0. The fourth-order valence-electron chi connectivity index (χ4n) is 4.13. The van der Waals surface area contributed by atoms with Crippen LogP contribution in [-0.4, -0.2) is 28.0 Å². The summed E-state index contributed by atoms with van der Waals surface area (Å²) in [4.78, 5) is 20.8. The van der Waals surface area contributed by atoms with Crippen molar-refractivity contribution in [3.05, 3.63) is 74.4 Å². The van der Waals surface area contributed by atoms with Crippen molar-refractivity contribution in [3.8, 4) is 17.2 Å². The van der Waals surface area contributed by atoms with Crippen LogP contribution in [0.4, 0.5) is 0 Å². The number of benzene rings is 2. The van der Waals surface area contributed by atoms with Gasteiger partial charge < -0.3 is 9.47 Å². The van der Waals surface area contributed by atoms with Crippen LogP contribution in [0.2, 0.25) is 0 Å². The Morgan fingerprint density at radius 2 is 1.91 bits per heavy atom. The van der Waals surface area contributed by atoms with Gasteiger partial charge in [-0.05, 0) is 68.1 Å². The Bertz CT molecular complexity index is 1410. The van der Waals surface area contributed by atoms with Crippen molar-refractivity contribution in [1.29, 1.82) is 0 Å². The molecule has 0 N–H and O–H groups in total. The molecule has 5 nitrogen and oxygen atoms in total. The van der Waals surface area contributed by atoms with Crippen LogP contribution in [0.1, 0.15) is 28.5 Å². The third kappa shape index (κ3) is 4.04. The van der Waals surface area contributed by atoms with E-state index < -0.39 is 0 Å².